The summed E-state index contributed by atoms with van der Waals surface area (Å²) in [7, 11) is 1.66. The first-order valence-corrected chi connectivity index (χ1v) is 8.72. The Morgan fingerprint density at radius 3 is 2.63 bits per heavy atom. The number of rotatable bonds is 8. The monoisotopic (exact) mass is 365 g/mol. The van der Waals surface area contributed by atoms with Gasteiger partial charge in [0.2, 0.25) is 5.95 Å². The predicted octanol–water partition coefficient (Wildman–Crippen LogP) is 2.95. The molecule has 0 bridgehead atoms. The molecule has 7 heteroatoms. The molecule has 0 unspecified atom stereocenters. The molecule has 0 aliphatic heterocycles. The normalized spacial score (nSPS) is 11.7. The van der Waals surface area contributed by atoms with E-state index in [0.717, 1.165) is 22.6 Å². The summed E-state index contributed by atoms with van der Waals surface area (Å²) >= 11 is 0. The third kappa shape index (κ3) is 4.92. The Balaban J connectivity index is 1.87. The molecule has 140 valence electrons. The summed E-state index contributed by atoms with van der Waals surface area (Å²) in [6, 6.07) is 13.4. The minimum absolute atomic E-state index is 0.00712. The summed E-state index contributed by atoms with van der Waals surface area (Å²) in [6.45, 7) is 2.42. The number of para-hydroxylation sites is 1. The quantitative estimate of drug-likeness (QED) is 0.565. The molecule has 2 heterocycles. The van der Waals surface area contributed by atoms with Gasteiger partial charge in [-0.3, -0.25) is 4.98 Å². The zero-order valence-corrected chi connectivity index (χ0v) is 15.4. The van der Waals surface area contributed by atoms with Gasteiger partial charge in [0, 0.05) is 42.2 Å². The predicted molar refractivity (Wildman–Crippen MR) is 106 cm³/mol. The molecule has 3 aromatic rings. The molecule has 27 heavy (non-hydrogen) atoms. The van der Waals surface area contributed by atoms with Gasteiger partial charge in [0.05, 0.1) is 19.4 Å². The van der Waals surface area contributed by atoms with Crippen LogP contribution in [0.25, 0.3) is 11.3 Å². The second kappa shape index (κ2) is 8.95. The first-order chi connectivity index (χ1) is 13.2. The Bertz CT molecular complexity index is 873. The average molecular weight is 365 g/mol. The number of aromatic nitrogens is 3. The fraction of sp³-hybridized carbons (Fsp3) is 0.250. The summed E-state index contributed by atoms with van der Waals surface area (Å²) in [6.07, 6.45) is 3.45. The number of hydrogen-bond donors (Lipinski definition) is 3. The van der Waals surface area contributed by atoms with E-state index >= 15 is 0 Å². The third-order valence-electron chi connectivity index (χ3n) is 4.00. The molecule has 0 spiro atoms. The lowest BCUT2D eigenvalue weighted by molar-refractivity contribution is 0.281. The van der Waals surface area contributed by atoms with Gasteiger partial charge in [0.25, 0.3) is 0 Å². The maximum atomic E-state index is 9.31. The van der Waals surface area contributed by atoms with Crippen LogP contribution >= 0.6 is 0 Å². The molecule has 1 aromatic carbocycles. The molecule has 0 amide bonds. The second-order valence-corrected chi connectivity index (χ2v) is 6.09. The standard InChI is InChI=1S/C20H23N5O2/c1-14(13-26)23-20-24-17(15-7-9-21-10-8-15)11-19(25-20)22-12-16-5-3-4-6-18(16)27-2/h3-11,14,26H,12-13H2,1-2H3,(H2,22,23,24,25)/t14-/m1/s1. The third-order valence-corrected chi connectivity index (χ3v) is 4.00. The van der Waals surface area contributed by atoms with Crippen LogP contribution in [0.15, 0.2) is 54.9 Å². The Kier molecular flexibility index (Phi) is 6.17. The van der Waals surface area contributed by atoms with Gasteiger partial charge in [-0.15, -0.1) is 0 Å². The summed E-state index contributed by atoms with van der Waals surface area (Å²) in [4.78, 5) is 13.1. The van der Waals surface area contributed by atoms with Crippen LogP contribution in [0.4, 0.5) is 11.8 Å². The van der Waals surface area contributed by atoms with Gasteiger partial charge >= 0.3 is 0 Å². The van der Waals surface area contributed by atoms with Gasteiger partial charge < -0.3 is 20.5 Å². The van der Waals surface area contributed by atoms with E-state index in [1.54, 1.807) is 19.5 Å². The fourth-order valence-electron chi connectivity index (χ4n) is 2.57. The number of nitrogens with zero attached hydrogens (tertiary/aromatic N) is 3. The first kappa shape index (κ1) is 18.6. The van der Waals surface area contributed by atoms with Crippen molar-refractivity contribution >= 4 is 11.8 Å². The number of benzene rings is 1. The van der Waals surface area contributed by atoms with Crippen LogP contribution in [0.1, 0.15) is 12.5 Å². The topological polar surface area (TPSA) is 92.2 Å². The Morgan fingerprint density at radius 2 is 1.89 bits per heavy atom. The Hall–Kier alpha value is -3.19. The molecular weight excluding hydrogens is 342 g/mol. The molecule has 3 N–H and O–H groups in total. The van der Waals surface area contributed by atoms with Crippen molar-refractivity contribution in [3.8, 4) is 17.0 Å². The van der Waals surface area contributed by atoms with Crippen molar-refractivity contribution in [3.63, 3.8) is 0 Å². The fourth-order valence-corrected chi connectivity index (χ4v) is 2.57. The minimum atomic E-state index is -0.153. The van der Waals surface area contributed by atoms with Crippen molar-refractivity contribution < 1.29 is 9.84 Å². The van der Waals surface area contributed by atoms with Crippen molar-refractivity contribution in [2.45, 2.75) is 19.5 Å². The highest BCUT2D eigenvalue weighted by Crippen LogP contribution is 2.23. The zero-order valence-electron chi connectivity index (χ0n) is 15.4. The number of methoxy groups -OCH3 is 1. The van der Waals surface area contributed by atoms with E-state index in [4.69, 9.17) is 4.74 Å². The van der Waals surface area contributed by atoms with Gasteiger partial charge in [-0.05, 0) is 25.1 Å². The lowest BCUT2D eigenvalue weighted by atomic mass is 10.2. The van der Waals surface area contributed by atoms with Crippen LogP contribution in [0, 0.1) is 0 Å². The van der Waals surface area contributed by atoms with Crippen molar-refractivity contribution in [3.05, 3.63) is 60.4 Å². The summed E-state index contributed by atoms with van der Waals surface area (Å²) in [5, 5.41) is 15.7. The van der Waals surface area contributed by atoms with Crippen LogP contribution in [-0.2, 0) is 6.54 Å². The van der Waals surface area contributed by atoms with Crippen molar-refractivity contribution in [2.24, 2.45) is 0 Å². The highest BCUT2D eigenvalue weighted by molar-refractivity contribution is 5.64. The molecule has 1 atom stereocenters. The minimum Gasteiger partial charge on any atom is -0.496 e. The van der Waals surface area contributed by atoms with E-state index in [1.165, 1.54) is 0 Å². The maximum Gasteiger partial charge on any atom is 0.225 e. The average Bonchev–Trinajstić information content (AvgIpc) is 2.72. The number of aliphatic hydroxyl groups excluding tert-OH is 1. The highest BCUT2D eigenvalue weighted by atomic mass is 16.5. The molecule has 0 aliphatic carbocycles. The van der Waals surface area contributed by atoms with Crippen LogP contribution < -0.4 is 15.4 Å². The Morgan fingerprint density at radius 1 is 1.11 bits per heavy atom. The van der Waals surface area contributed by atoms with Gasteiger partial charge in [-0.1, -0.05) is 18.2 Å². The summed E-state index contributed by atoms with van der Waals surface area (Å²) < 4.78 is 5.40. The second-order valence-electron chi connectivity index (χ2n) is 6.09. The van der Waals surface area contributed by atoms with Crippen LogP contribution in [0.3, 0.4) is 0 Å². The molecule has 0 radical (unpaired) electrons. The number of anilines is 2. The molecule has 0 saturated heterocycles. The molecule has 7 nitrogen and oxygen atoms in total. The van der Waals surface area contributed by atoms with E-state index in [2.05, 4.69) is 25.6 Å². The van der Waals surface area contributed by atoms with Gasteiger partial charge in [-0.25, -0.2) is 4.98 Å². The maximum absolute atomic E-state index is 9.31. The first-order valence-electron chi connectivity index (χ1n) is 8.72. The van der Waals surface area contributed by atoms with Gasteiger partial charge in [-0.2, -0.15) is 4.98 Å². The Labute approximate surface area is 158 Å². The smallest absolute Gasteiger partial charge is 0.225 e. The van der Waals surface area contributed by atoms with E-state index in [0.29, 0.717) is 18.3 Å². The molecule has 3 rings (SSSR count). The number of nitrogens with one attached hydrogen (secondary N) is 2. The van der Waals surface area contributed by atoms with Crippen LogP contribution in [-0.4, -0.2) is 39.8 Å². The molecule has 0 fully saturated rings. The van der Waals surface area contributed by atoms with Crippen LogP contribution in [0.5, 0.6) is 5.75 Å². The number of hydrogen-bond acceptors (Lipinski definition) is 7. The molecule has 2 aromatic heterocycles. The number of pyridine rings is 1. The van der Waals surface area contributed by atoms with Gasteiger partial charge in [0.1, 0.15) is 11.6 Å². The molecule has 0 aliphatic rings. The van der Waals surface area contributed by atoms with Crippen LogP contribution in [0.2, 0.25) is 0 Å². The van der Waals surface area contributed by atoms with E-state index in [1.807, 2.05) is 49.4 Å². The molecule has 0 saturated carbocycles. The van der Waals surface area contributed by atoms with Crippen molar-refractivity contribution in [1.82, 2.24) is 15.0 Å². The lowest BCUT2D eigenvalue weighted by Crippen LogP contribution is -2.21. The zero-order chi connectivity index (χ0) is 19.1. The van der Waals surface area contributed by atoms with E-state index in [-0.39, 0.29) is 12.6 Å². The van der Waals surface area contributed by atoms with Gasteiger partial charge in [0.15, 0.2) is 0 Å². The molecular formula is C20H23N5O2. The number of ether oxygens (including phenoxy) is 1. The summed E-state index contributed by atoms with van der Waals surface area (Å²) in [5.41, 5.74) is 2.73. The summed E-state index contributed by atoms with van der Waals surface area (Å²) in [5.74, 6) is 1.95. The highest BCUT2D eigenvalue weighted by Gasteiger charge is 2.10. The largest absolute Gasteiger partial charge is 0.496 e. The van der Waals surface area contributed by atoms with Crippen molar-refractivity contribution in [2.75, 3.05) is 24.4 Å². The van der Waals surface area contributed by atoms with E-state index in [9.17, 15) is 5.11 Å². The SMILES string of the molecule is COc1ccccc1CNc1cc(-c2ccncc2)nc(N[C@H](C)CO)n1. The van der Waals surface area contributed by atoms with Crippen molar-refractivity contribution in [1.29, 1.82) is 0 Å². The van der Waals surface area contributed by atoms with E-state index < -0.39 is 0 Å². The number of aliphatic hydroxyl groups is 1. The lowest BCUT2D eigenvalue weighted by Gasteiger charge is -2.15.